The molecule has 106 valence electrons. The van der Waals surface area contributed by atoms with Crippen molar-refractivity contribution in [1.29, 1.82) is 0 Å². The first-order valence-electron chi connectivity index (χ1n) is 6.77. The molecule has 0 bridgehead atoms. The van der Waals surface area contributed by atoms with E-state index in [1.54, 1.807) is 12.1 Å². The first kappa shape index (κ1) is 14.7. The van der Waals surface area contributed by atoms with Gasteiger partial charge in [0.1, 0.15) is 0 Å². The van der Waals surface area contributed by atoms with Crippen LogP contribution in [0.1, 0.15) is 38.2 Å². The standard InChI is InChI=1S/C14H21NO2S2/c1-3-13-6-4-5-11-18(13)15-19(16,17)14-9-7-12(2)8-10-14/h7-10,13H,3-6,11H2,1-2H3/t13-,18?/m1/s1. The predicted molar refractivity (Wildman–Crippen MR) is 81.0 cm³/mol. The molecule has 1 aromatic carbocycles. The molecule has 5 heteroatoms. The third-order valence-electron chi connectivity index (χ3n) is 3.48. The first-order chi connectivity index (χ1) is 9.03. The van der Waals surface area contributed by atoms with Crippen molar-refractivity contribution in [2.24, 2.45) is 3.77 Å². The van der Waals surface area contributed by atoms with Crippen LogP contribution in [0.2, 0.25) is 0 Å². The molecule has 1 aliphatic rings. The Kier molecular flexibility index (Phi) is 4.79. The van der Waals surface area contributed by atoms with Gasteiger partial charge in [-0.25, -0.2) is 0 Å². The summed E-state index contributed by atoms with van der Waals surface area (Å²) in [6.45, 7) is 4.08. The van der Waals surface area contributed by atoms with Crippen molar-refractivity contribution in [2.75, 3.05) is 5.75 Å². The molecular formula is C14H21NO2S2. The molecule has 1 aromatic rings. The highest BCUT2D eigenvalue weighted by Gasteiger charge is 2.21. The number of hydrogen-bond donors (Lipinski definition) is 0. The predicted octanol–water partition coefficient (Wildman–Crippen LogP) is 3.45. The van der Waals surface area contributed by atoms with E-state index in [1.807, 2.05) is 19.1 Å². The minimum atomic E-state index is -3.48. The fourth-order valence-electron chi connectivity index (χ4n) is 2.30. The van der Waals surface area contributed by atoms with E-state index in [1.165, 1.54) is 6.42 Å². The number of sulfonamides is 1. The molecule has 0 saturated carbocycles. The van der Waals surface area contributed by atoms with Crippen LogP contribution in [0.15, 0.2) is 32.9 Å². The van der Waals surface area contributed by atoms with Gasteiger partial charge in [0.15, 0.2) is 0 Å². The number of benzene rings is 1. The highest BCUT2D eigenvalue weighted by Crippen LogP contribution is 2.23. The second-order valence-electron chi connectivity index (χ2n) is 4.99. The van der Waals surface area contributed by atoms with Crippen LogP contribution >= 0.6 is 0 Å². The lowest BCUT2D eigenvalue weighted by atomic mass is 10.1. The molecule has 19 heavy (non-hydrogen) atoms. The summed E-state index contributed by atoms with van der Waals surface area (Å²) >= 11 is 0. The van der Waals surface area contributed by atoms with Crippen LogP contribution in [-0.2, 0) is 20.7 Å². The van der Waals surface area contributed by atoms with Crippen molar-refractivity contribution in [3.05, 3.63) is 29.8 Å². The summed E-state index contributed by atoms with van der Waals surface area (Å²) < 4.78 is 28.8. The van der Waals surface area contributed by atoms with Crippen molar-refractivity contribution in [3.8, 4) is 0 Å². The average Bonchev–Trinajstić information content (AvgIpc) is 2.39. The third-order valence-corrected chi connectivity index (χ3v) is 7.95. The van der Waals surface area contributed by atoms with Crippen LogP contribution in [0, 0.1) is 6.92 Å². The van der Waals surface area contributed by atoms with Crippen molar-refractivity contribution in [2.45, 2.75) is 49.7 Å². The fourth-order valence-corrected chi connectivity index (χ4v) is 6.57. The Bertz CT molecular complexity index is 562. The Morgan fingerprint density at radius 3 is 2.58 bits per heavy atom. The molecule has 0 spiro atoms. The molecule has 1 fully saturated rings. The average molecular weight is 299 g/mol. The number of hydrogen-bond acceptors (Lipinski definition) is 2. The second-order valence-corrected chi connectivity index (χ2v) is 8.89. The first-order valence-corrected chi connectivity index (χ1v) is 9.63. The molecule has 1 saturated heterocycles. The van der Waals surface area contributed by atoms with E-state index in [0.717, 1.165) is 30.6 Å². The highest BCUT2D eigenvalue weighted by atomic mass is 32.3. The largest absolute Gasteiger partial charge is 0.287 e. The van der Waals surface area contributed by atoms with Gasteiger partial charge in [-0.2, -0.15) is 8.42 Å². The molecule has 0 radical (unpaired) electrons. The number of rotatable bonds is 3. The van der Waals surface area contributed by atoms with Crippen LogP contribution in [-0.4, -0.2) is 19.4 Å². The van der Waals surface area contributed by atoms with E-state index in [4.69, 9.17) is 0 Å². The Balaban J connectivity index is 2.31. The molecule has 0 aromatic heterocycles. The molecule has 0 N–H and O–H groups in total. The van der Waals surface area contributed by atoms with Crippen LogP contribution in [0.4, 0.5) is 0 Å². The maximum atomic E-state index is 12.3. The monoisotopic (exact) mass is 299 g/mol. The van der Waals surface area contributed by atoms with Gasteiger partial charge in [-0.05, 0) is 38.3 Å². The zero-order chi connectivity index (χ0) is 13.9. The Morgan fingerprint density at radius 2 is 1.95 bits per heavy atom. The molecule has 1 aliphatic heterocycles. The minimum absolute atomic E-state index is 0.321. The molecule has 1 unspecified atom stereocenters. The van der Waals surface area contributed by atoms with Gasteiger partial charge in [-0.15, -0.1) is 3.77 Å². The molecular weight excluding hydrogens is 278 g/mol. The Labute approximate surface area is 118 Å². The number of nitrogens with zero attached hydrogens (tertiary/aromatic N) is 1. The normalized spacial score (nSPS) is 24.5. The van der Waals surface area contributed by atoms with Crippen LogP contribution in [0.3, 0.4) is 0 Å². The van der Waals surface area contributed by atoms with Crippen LogP contribution in [0.5, 0.6) is 0 Å². The maximum Gasteiger partial charge on any atom is 0.287 e. The third kappa shape index (κ3) is 3.66. The van der Waals surface area contributed by atoms with E-state index in [-0.39, 0.29) is 10.7 Å². The molecule has 3 nitrogen and oxygen atoms in total. The molecule has 0 amide bonds. The van der Waals surface area contributed by atoms with Gasteiger partial charge in [0.05, 0.1) is 4.90 Å². The van der Waals surface area contributed by atoms with E-state index >= 15 is 0 Å². The van der Waals surface area contributed by atoms with E-state index in [0.29, 0.717) is 10.1 Å². The quantitative estimate of drug-likeness (QED) is 0.858. The Hall–Kier alpha value is -0.680. The molecule has 0 aliphatic carbocycles. The fraction of sp³-hybridized carbons (Fsp3) is 0.571. The van der Waals surface area contributed by atoms with Crippen molar-refractivity contribution in [3.63, 3.8) is 0 Å². The van der Waals surface area contributed by atoms with E-state index in [2.05, 4.69) is 10.7 Å². The summed E-state index contributed by atoms with van der Waals surface area (Å²) in [6.07, 6.45) is 4.46. The van der Waals surface area contributed by atoms with Gasteiger partial charge in [-0.3, -0.25) is 0 Å². The van der Waals surface area contributed by atoms with Crippen molar-refractivity contribution >= 4 is 20.7 Å². The van der Waals surface area contributed by atoms with E-state index in [9.17, 15) is 8.42 Å². The zero-order valence-corrected chi connectivity index (χ0v) is 13.1. The van der Waals surface area contributed by atoms with Crippen molar-refractivity contribution < 1.29 is 8.42 Å². The molecule has 1 heterocycles. The van der Waals surface area contributed by atoms with Gasteiger partial charge in [0.25, 0.3) is 10.0 Å². The van der Waals surface area contributed by atoms with Crippen molar-refractivity contribution in [1.82, 2.24) is 0 Å². The van der Waals surface area contributed by atoms with Gasteiger partial charge in [-0.1, -0.05) is 41.7 Å². The summed E-state index contributed by atoms with van der Waals surface area (Å²) in [7, 11) is -3.80. The van der Waals surface area contributed by atoms with E-state index < -0.39 is 10.0 Å². The molecule has 2 atom stereocenters. The highest BCUT2D eigenvalue weighted by molar-refractivity contribution is 8.00. The lowest BCUT2D eigenvalue weighted by Crippen LogP contribution is -2.22. The topological polar surface area (TPSA) is 46.5 Å². The second kappa shape index (κ2) is 6.18. The molecule has 2 rings (SSSR count). The number of aryl methyl sites for hydroxylation is 1. The summed E-state index contributed by atoms with van der Waals surface area (Å²) in [5.41, 5.74) is 1.06. The summed E-state index contributed by atoms with van der Waals surface area (Å²) in [4.78, 5) is 0.325. The lowest BCUT2D eigenvalue weighted by Gasteiger charge is -2.23. The summed E-state index contributed by atoms with van der Waals surface area (Å²) in [5, 5.41) is 0.453. The van der Waals surface area contributed by atoms with Crippen LogP contribution < -0.4 is 0 Å². The maximum absolute atomic E-state index is 12.3. The SMILES string of the molecule is CC[C@@H]1CCCCS1=NS(=O)(=O)c1ccc(C)cc1. The van der Waals surface area contributed by atoms with Gasteiger partial charge in [0, 0.05) is 11.0 Å². The summed E-state index contributed by atoms with van der Waals surface area (Å²) in [5.74, 6) is 0.934. The smallest absolute Gasteiger partial charge is 0.199 e. The summed E-state index contributed by atoms with van der Waals surface area (Å²) in [6, 6.07) is 6.96. The van der Waals surface area contributed by atoms with Gasteiger partial charge < -0.3 is 0 Å². The Morgan fingerprint density at radius 1 is 1.26 bits per heavy atom. The van der Waals surface area contributed by atoms with Crippen LogP contribution in [0.25, 0.3) is 0 Å². The zero-order valence-electron chi connectivity index (χ0n) is 11.5. The lowest BCUT2D eigenvalue weighted by molar-refractivity contribution is 0.597. The minimum Gasteiger partial charge on any atom is -0.199 e. The van der Waals surface area contributed by atoms with Gasteiger partial charge in [0.2, 0.25) is 0 Å². The van der Waals surface area contributed by atoms with Gasteiger partial charge >= 0.3 is 0 Å².